The van der Waals surface area contributed by atoms with Gasteiger partial charge >= 0.3 is 0 Å². The number of aryl methyl sites for hydroxylation is 2. The highest BCUT2D eigenvalue weighted by Gasteiger charge is 1.95. The summed E-state index contributed by atoms with van der Waals surface area (Å²) in [7, 11) is 0. The summed E-state index contributed by atoms with van der Waals surface area (Å²) in [4.78, 5) is 0. The highest BCUT2D eigenvalue weighted by molar-refractivity contribution is 5.20. The highest BCUT2D eigenvalue weighted by Crippen LogP contribution is 2.02. The number of hydrogen-bond acceptors (Lipinski definition) is 2. The van der Waals surface area contributed by atoms with Crippen LogP contribution in [-0.2, 0) is 13.1 Å². The van der Waals surface area contributed by atoms with Gasteiger partial charge in [-0.25, -0.2) is 0 Å². The van der Waals surface area contributed by atoms with Crippen LogP contribution in [-0.4, -0.2) is 16.3 Å². The number of aromatic nitrogens is 2. The Morgan fingerprint density at radius 2 is 1.88 bits per heavy atom. The molecule has 1 N–H and O–H groups in total. The molecule has 1 heterocycles. The van der Waals surface area contributed by atoms with Crippen molar-refractivity contribution in [3.05, 3.63) is 53.3 Å². The lowest BCUT2D eigenvalue weighted by Crippen LogP contribution is -2.19. The van der Waals surface area contributed by atoms with E-state index in [4.69, 9.17) is 0 Å². The first-order valence-electron chi connectivity index (χ1n) is 5.99. The minimum atomic E-state index is 0.916. The normalized spacial score (nSPS) is 10.7. The molecule has 1 aromatic heterocycles. The molecule has 0 aliphatic rings. The van der Waals surface area contributed by atoms with Gasteiger partial charge in [-0.15, -0.1) is 0 Å². The fraction of sp³-hybridized carbons (Fsp3) is 0.357. The highest BCUT2D eigenvalue weighted by atomic mass is 15.3. The van der Waals surface area contributed by atoms with Crippen LogP contribution in [0, 0.1) is 13.8 Å². The van der Waals surface area contributed by atoms with Crippen molar-refractivity contribution < 1.29 is 0 Å². The third-order valence-corrected chi connectivity index (χ3v) is 2.73. The second kappa shape index (κ2) is 5.64. The summed E-state index contributed by atoms with van der Waals surface area (Å²) in [6.45, 7) is 6.94. The Morgan fingerprint density at radius 3 is 2.53 bits per heavy atom. The van der Waals surface area contributed by atoms with E-state index in [0.29, 0.717) is 0 Å². The maximum absolute atomic E-state index is 4.25. The van der Waals surface area contributed by atoms with Crippen LogP contribution in [0.2, 0.25) is 0 Å². The van der Waals surface area contributed by atoms with Crippen LogP contribution in [0.15, 0.2) is 36.7 Å². The number of hydrogen-bond donors (Lipinski definition) is 1. The van der Waals surface area contributed by atoms with Crippen molar-refractivity contribution in [1.82, 2.24) is 15.1 Å². The zero-order chi connectivity index (χ0) is 12.1. The first kappa shape index (κ1) is 11.9. The largest absolute Gasteiger partial charge is 0.311 e. The molecule has 0 atom stereocenters. The Kier molecular flexibility index (Phi) is 3.94. The number of nitrogens with one attached hydrogen (secondary N) is 1. The van der Waals surface area contributed by atoms with Gasteiger partial charge in [0.25, 0.3) is 0 Å². The molecule has 1 aromatic carbocycles. The van der Waals surface area contributed by atoms with E-state index in [1.54, 1.807) is 0 Å². The Balaban J connectivity index is 1.71. The molecular formula is C14H19N3. The van der Waals surface area contributed by atoms with Gasteiger partial charge in [0.15, 0.2) is 0 Å². The fourth-order valence-electron chi connectivity index (χ4n) is 1.72. The van der Waals surface area contributed by atoms with Crippen molar-refractivity contribution in [3.8, 4) is 0 Å². The molecule has 0 saturated carbocycles. The molecule has 0 aliphatic heterocycles. The molecule has 2 aromatic rings. The number of rotatable bonds is 5. The van der Waals surface area contributed by atoms with Crippen LogP contribution < -0.4 is 5.32 Å². The van der Waals surface area contributed by atoms with Crippen LogP contribution in [0.25, 0.3) is 0 Å². The van der Waals surface area contributed by atoms with Crippen molar-refractivity contribution in [2.45, 2.75) is 26.9 Å². The molecule has 0 saturated heterocycles. The molecule has 0 spiro atoms. The number of benzene rings is 1. The quantitative estimate of drug-likeness (QED) is 0.797. The molecular weight excluding hydrogens is 210 g/mol. The average molecular weight is 229 g/mol. The van der Waals surface area contributed by atoms with Gasteiger partial charge < -0.3 is 5.32 Å². The average Bonchev–Trinajstić information content (AvgIpc) is 2.73. The summed E-state index contributed by atoms with van der Waals surface area (Å²) in [5.41, 5.74) is 3.84. The minimum absolute atomic E-state index is 0.916. The Morgan fingerprint density at radius 1 is 1.12 bits per heavy atom. The minimum Gasteiger partial charge on any atom is -0.311 e. The molecule has 0 unspecified atom stereocenters. The maximum Gasteiger partial charge on any atom is 0.0534 e. The van der Waals surface area contributed by atoms with E-state index in [2.05, 4.69) is 54.7 Å². The lowest BCUT2D eigenvalue weighted by Gasteiger charge is -2.05. The molecule has 90 valence electrons. The van der Waals surface area contributed by atoms with Gasteiger partial charge in [0.2, 0.25) is 0 Å². The van der Waals surface area contributed by atoms with Gasteiger partial charge in [-0.05, 0) is 25.0 Å². The lowest BCUT2D eigenvalue weighted by atomic mass is 10.1. The Labute approximate surface area is 102 Å². The zero-order valence-electron chi connectivity index (χ0n) is 10.5. The molecule has 17 heavy (non-hydrogen) atoms. The summed E-state index contributed by atoms with van der Waals surface area (Å²) in [6, 6.07) is 8.63. The second-order valence-corrected chi connectivity index (χ2v) is 4.44. The molecule has 2 rings (SSSR count). The maximum atomic E-state index is 4.25. The van der Waals surface area contributed by atoms with Gasteiger partial charge in [-0.1, -0.05) is 29.8 Å². The van der Waals surface area contributed by atoms with Gasteiger partial charge in [-0.2, -0.15) is 5.10 Å². The Bertz CT molecular complexity index is 457. The van der Waals surface area contributed by atoms with E-state index in [1.807, 2.05) is 10.9 Å². The van der Waals surface area contributed by atoms with Gasteiger partial charge in [0.1, 0.15) is 0 Å². The van der Waals surface area contributed by atoms with E-state index in [9.17, 15) is 0 Å². The first-order chi connectivity index (χ1) is 8.24. The van der Waals surface area contributed by atoms with E-state index >= 15 is 0 Å². The molecule has 0 radical (unpaired) electrons. The summed E-state index contributed by atoms with van der Waals surface area (Å²) < 4.78 is 1.97. The number of nitrogens with zero attached hydrogens (tertiary/aromatic N) is 2. The summed E-state index contributed by atoms with van der Waals surface area (Å²) in [6.07, 6.45) is 3.95. The van der Waals surface area contributed by atoms with Crippen molar-refractivity contribution >= 4 is 0 Å². The lowest BCUT2D eigenvalue weighted by molar-refractivity contribution is 0.554. The molecule has 0 aliphatic carbocycles. The predicted octanol–water partition coefficient (Wildman–Crippen LogP) is 2.29. The van der Waals surface area contributed by atoms with Gasteiger partial charge in [0.05, 0.1) is 12.7 Å². The van der Waals surface area contributed by atoms with E-state index < -0.39 is 0 Å². The van der Waals surface area contributed by atoms with Crippen LogP contribution in [0.4, 0.5) is 0 Å². The monoisotopic (exact) mass is 229 g/mol. The molecule has 0 bridgehead atoms. The zero-order valence-corrected chi connectivity index (χ0v) is 10.5. The van der Waals surface area contributed by atoms with Crippen LogP contribution >= 0.6 is 0 Å². The summed E-state index contributed by atoms with van der Waals surface area (Å²) in [5, 5.41) is 7.67. The van der Waals surface area contributed by atoms with Gasteiger partial charge in [0, 0.05) is 19.3 Å². The SMILES string of the molecule is Cc1ccc(CNCCn2cc(C)cn2)cc1. The fourth-order valence-corrected chi connectivity index (χ4v) is 1.72. The topological polar surface area (TPSA) is 29.9 Å². The molecule has 3 heteroatoms. The van der Waals surface area contributed by atoms with E-state index in [0.717, 1.165) is 19.6 Å². The summed E-state index contributed by atoms with van der Waals surface area (Å²) in [5.74, 6) is 0. The summed E-state index contributed by atoms with van der Waals surface area (Å²) >= 11 is 0. The molecule has 0 amide bonds. The standard InChI is InChI=1S/C14H19N3/c1-12-3-5-14(6-4-12)10-15-7-8-17-11-13(2)9-16-17/h3-6,9,11,15H,7-8,10H2,1-2H3. The first-order valence-corrected chi connectivity index (χ1v) is 5.99. The van der Waals surface area contributed by atoms with Crippen molar-refractivity contribution in [1.29, 1.82) is 0 Å². The molecule has 0 fully saturated rings. The van der Waals surface area contributed by atoms with Crippen LogP contribution in [0.1, 0.15) is 16.7 Å². The van der Waals surface area contributed by atoms with Crippen LogP contribution in [0.5, 0.6) is 0 Å². The second-order valence-electron chi connectivity index (χ2n) is 4.44. The third kappa shape index (κ3) is 3.71. The predicted molar refractivity (Wildman–Crippen MR) is 69.8 cm³/mol. The van der Waals surface area contributed by atoms with Crippen molar-refractivity contribution in [2.24, 2.45) is 0 Å². The molecule has 3 nitrogen and oxygen atoms in total. The third-order valence-electron chi connectivity index (χ3n) is 2.73. The van der Waals surface area contributed by atoms with E-state index in [-0.39, 0.29) is 0 Å². The van der Waals surface area contributed by atoms with Gasteiger partial charge in [-0.3, -0.25) is 4.68 Å². The van der Waals surface area contributed by atoms with Crippen molar-refractivity contribution in [2.75, 3.05) is 6.54 Å². The van der Waals surface area contributed by atoms with Crippen molar-refractivity contribution in [3.63, 3.8) is 0 Å². The smallest absolute Gasteiger partial charge is 0.0534 e. The van der Waals surface area contributed by atoms with Crippen LogP contribution in [0.3, 0.4) is 0 Å². The van der Waals surface area contributed by atoms with E-state index in [1.165, 1.54) is 16.7 Å². The Hall–Kier alpha value is -1.61.